The second-order valence-electron chi connectivity index (χ2n) is 3.10. The van der Waals surface area contributed by atoms with Crippen LogP contribution in [0, 0.1) is 12.3 Å². The van der Waals surface area contributed by atoms with Crippen LogP contribution >= 0.6 is 0 Å². The van der Waals surface area contributed by atoms with Crippen molar-refractivity contribution < 1.29 is 25.2 Å². The van der Waals surface area contributed by atoms with Gasteiger partial charge in [0, 0.05) is 0 Å². The summed E-state index contributed by atoms with van der Waals surface area (Å²) in [4.78, 5) is 0. The number of hydrogen-bond acceptors (Lipinski definition) is 6. The fourth-order valence-electron chi connectivity index (χ4n) is 0.833. The molecule has 17 heavy (non-hydrogen) atoms. The van der Waals surface area contributed by atoms with Gasteiger partial charge in [-0.3, -0.25) is 8.37 Å². The van der Waals surface area contributed by atoms with E-state index in [1.165, 1.54) is 6.92 Å². The summed E-state index contributed by atoms with van der Waals surface area (Å²) < 4.78 is 53.1. The van der Waals surface area contributed by atoms with Gasteiger partial charge in [-0.1, -0.05) is 5.92 Å². The monoisotopic (exact) mass is 284 g/mol. The van der Waals surface area contributed by atoms with Gasteiger partial charge >= 0.3 is 0 Å². The minimum atomic E-state index is -3.61. The highest BCUT2D eigenvalue weighted by Crippen LogP contribution is 2.01. The fourth-order valence-corrected chi connectivity index (χ4v) is 2.29. The van der Waals surface area contributed by atoms with E-state index in [0.29, 0.717) is 6.42 Å². The zero-order chi connectivity index (χ0) is 13.4. The van der Waals surface area contributed by atoms with Gasteiger partial charge in [0.05, 0.1) is 18.1 Å². The minimum absolute atomic E-state index is 0.0270. The van der Waals surface area contributed by atoms with Crippen LogP contribution in [0.5, 0.6) is 0 Å². The maximum absolute atomic E-state index is 11.1. The molecule has 0 aliphatic carbocycles. The molecular weight excluding hydrogens is 268 g/mol. The largest absolute Gasteiger partial charge is 0.270 e. The maximum Gasteiger partial charge on any atom is 0.268 e. The Kier molecular flexibility index (Phi) is 7.38. The van der Waals surface area contributed by atoms with E-state index in [0.717, 1.165) is 0 Å². The Morgan fingerprint density at radius 2 is 1.71 bits per heavy atom. The number of hydrogen-bond donors (Lipinski definition) is 0. The molecule has 0 rings (SSSR count). The molecule has 0 atom stereocenters. The quantitative estimate of drug-likeness (QED) is 0.339. The summed E-state index contributed by atoms with van der Waals surface area (Å²) in [5.74, 6) is 1.74. The van der Waals surface area contributed by atoms with Crippen molar-refractivity contribution in [2.45, 2.75) is 19.8 Å². The molecule has 0 amide bonds. The van der Waals surface area contributed by atoms with Gasteiger partial charge in [-0.25, -0.2) is 0 Å². The molecule has 6 nitrogen and oxygen atoms in total. The van der Waals surface area contributed by atoms with Gasteiger partial charge in [0.1, 0.15) is 6.61 Å². The van der Waals surface area contributed by atoms with Crippen molar-refractivity contribution in [3.63, 3.8) is 0 Å². The third kappa shape index (κ3) is 9.12. The van der Waals surface area contributed by atoms with E-state index < -0.39 is 20.2 Å². The molecule has 8 heteroatoms. The molecule has 0 saturated carbocycles. The normalized spacial score (nSPS) is 12.2. The predicted molar refractivity (Wildman–Crippen MR) is 63.2 cm³/mol. The van der Waals surface area contributed by atoms with E-state index >= 15 is 0 Å². The first-order chi connectivity index (χ1) is 7.83. The molecule has 100 valence electrons. The van der Waals surface area contributed by atoms with Crippen molar-refractivity contribution in [1.29, 1.82) is 0 Å². The number of unbranched alkanes of at least 4 members (excludes halogenated alkanes) is 1. The average molecular weight is 284 g/mol. The molecule has 0 aromatic rings. The third-order valence-electron chi connectivity index (χ3n) is 1.73. The molecule has 0 aromatic carbocycles. The highest BCUT2D eigenvalue weighted by Gasteiger charge is 2.11. The molecule has 0 radical (unpaired) electrons. The van der Waals surface area contributed by atoms with Crippen LogP contribution in [0.1, 0.15) is 19.8 Å². The van der Waals surface area contributed by atoms with Crippen molar-refractivity contribution in [2.24, 2.45) is 0 Å². The Balaban J connectivity index is 3.76. The molecule has 0 spiro atoms. The van der Waals surface area contributed by atoms with Crippen LogP contribution in [0.4, 0.5) is 0 Å². The van der Waals surface area contributed by atoms with E-state index in [1.807, 2.05) is 5.92 Å². The van der Waals surface area contributed by atoms with E-state index in [9.17, 15) is 16.8 Å². The fraction of sp³-hybridized carbons (Fsp3) is 0.778. The van der Waals surface area contributed by atoms with Gasteiger partial charge in [-0.15, -0.1) is 6.42 Å². The van der Waals surface area contributed by atoms with Crippen LogP contribution in [0.15, 0.2) is 0 Å². The SMILES string of the molecule is C#CCOS(=O)(=O)CCCCOS(=O)(=O)CC. The Morgan fingerprint density at radius 1 is 1.06 bits per heavy atom. The minimum Gasteiger partial charge on any atom is -0.270 e. The van der Waals surface area contributed by atoms with Crippen molar-refractivity contribution in [2.75, 3.05) is 24.7 Å². The molecule has 0 heterocycles. The van der Waals surface area contributed by atoms with Gasteiger partial charge in [0.15, 0.2) is 0 Å². The van der Waals surface area contributed by atoms with Crippen LogP contribution in [0.2, 0.25) is 0 Å². The molecule has 0 saturated heterocycles. The third-order valence-corrected chi connectivity index (χ3v) is 4.23. The lowest BCUT2D eigenvalue weighted by Gasteiger charge is -2.04. The molecule has 0 bridgehead atoms. The Labute approximate surface area is 103 Å². The summed E-state index contributed by atoms with van der Waals surface area (Å²) in [6.07, 6.45) is 5.42. The highest BCUT2D eigenvalue weighted by atomic mass is 32.2. The Morgan fingerprint density at radius 3 is 2.24 bits per heavy atom. The van der Waals surface area contributed by atoms with Gasteiger partial charge in [-0.05, 0) is 19.8 Å². The Hall–Kier alpha value is -0.620. The van der Waals surface area contributed by atoms with E-state index in [4.69, 9.17) is 6.42 Å². The van der Waals surface area contributed by atoms with Gasteiger partial charge < -0.3 is 0 Å². The second kappa shape index (κ2) is 7.66. The summed E-state index contributed by atoms with van der Waals surface area (Å²) >= 11 is 0. The van der Waals surface area contributed by atoms with Crippen LogP contribution in [-0.2, 0) is 28.6 Å². The lowest BCUT2D eigenvalue weighted by molar-refractivity contribution is 0.310. The van der Waals surface area contributed by atoms with Crippen molar-refractivity contribution in [3.05, 3.63) is 0 Å². The first kappa shape index (κ1) is 16.4. The summed E-state index contributed by atoms with van der Waals surface area (Å²) in [6.45, 7) is 1.15. The molecule has 0 fully saturated rings. The van der Waals surface area contributed by atoms with Crippen LogP contribution in [-0.4, -0.2) is 41.6 Å². The molecule has 0 N–H and O–H groups in total. The smallest absolute Gasteiger partial charge is 0.268 e. The lowest BCUT2D eigenvalue weighted by Crippen LogP contribution is -2.13. The number of rotatable bonds is 9. The van der Waals surface area contributed by atoms with Crippen LogP contribution < -0.4 is 0 Å². The zero-order valence-corrected chi connectivity index (χ0v) is 11.2. The summed E-state index contributed by atoms with van der Waals surface area (Å²) in [5, 5.41) is 0. The van der Waals surface area contributed by atoms with E-state index in [2.05, 4.69) is 8.37 Å². The zero-order valence-electron chi connectivity index (χ0n) is 9.59. The van der Waals surface area contributed by atoms with Crippen molar-refractivity contribution in [1.82, 2.24) is 0 Å². The van der Waals surface area contributed by atoms with Gasteiger partial charge in [-0.2, -0.15) is 16.8 Å². The first-order valence-electron chi connectivity index (χ1n) is 5.00. The van der Waals surface area contributed by atoms with Gasteiger partial charge in [0.2, 0.25) is 0 Å². The maximum atomic E-state index is 11.1. The molecule has 0 aromatic heterocycles. The van der Waals surface area contributed by atoms with Crippen molar-refractivity contribution >= 4 is 20.2 Å². The summed E-state index contributed by atoms with van der Waals surface area (Å²) in [7, 11) is -7.07. The highest BCUT2D eigenvalue weighted by molar-refractivity contribution is 7.86. The predicted octanol–water partition coefficient (Wildman–Crippen LogP) is 0.113. The molecule has 0 unspecified atom stereocenters. The van der Waals surface area contributed by atoms with Crippen LogP contribution in [0.3, 0.4) is 0 Å². The van der Waals surface area contributed by atoms with E-state index in [-0.39, 0.29) is 31.1 Å². The van der Waals surface area contributed by atoms with Crippen molar-refractivity contribution in [3.8, 4) is 12.3 Å². The average Bonchev–Trinajstić information content (AvgIpc) is 2.26. The lowest BCUT2D eigenvalue weighted by atomic mass is 10.4. The topological polar surface area (TPSA) is 86.7 Å². The first-order valence-corrected chi connectivity index (χ1v) is 8.16. The summed E-state index contributed by atoms with van der Waals surface area (Å²) in [5.41, 5.74) is 0. The van der Waals surface area contributed by atoms with Gasteiger partial charge in [0.25, 0.3) is 20.2 Å². The molecular formula is C9H16O6S2. The summed E-state index contributed by atoms with van der Waals surface area (Å²) in [6, 6.07) is 0. The number of terminal acetylenes is 1. The molecule has 0 aliphatic heterocycles. The molecule has 0 aliphatic rings. The van der Waals surface area contributed by atoms with E-state index in [1.54, 1.807) is 0 Å². The van der Waals surface area contributed by atoms with Crippen LogP contribution in [0.25, 0.3) is 0 Å². The second-order valence-corrected chi connectivity index (χ2v) is 6.79. The standard InChI is InChI=1S/C9H16O6S2/c1-3-7-14-17(12,13)9-6-5-8-15-16(10,11)4-2/h1H,4-9H2,2H3. The Bertz CT molecular complexity index is 442.